The summed E-state index contributed by atoms with van der Waals surface area (Å²) in [5.41, 5.74) is 1.41. The van der Waals surface area contributed by atoms with Gasteiger partial charge in [0.2, 0.25) is 0 Å². The third-order valence-electron chi connectivity index (χ3n) is 1.98. The van der Waals surface area contributed by atoms with Crippen LogP contribution in [0.1, 0.15) is 11.1 Å². The zero-order valence-corrected chi connectivity index (χ0v) is 6.97. The first-order chi connectivity index (χ1) is 6.24. The molecule has 0 saturated carbocycles. The van der Waals surface area contributed by atoms with E-state index in [0.29, 0.717) is 22.1 Å². The van der Waals surface area contributed by atoms with Crippen molar-refractivity contribution in [1.82, 2.24) is 0 Å². The molecule has 0 fully saturated rings. The maximum Gasteiger partial charge on any atom is 0.154 e. The second kappa shape index (κ2) is 2.60. The molecule has 3 heteroatoms. The fourth-order valence-corrected chi connectivity index (χ4v) is 1.34. The molecule has 0 amide bonds. The lowest BCUT2D eigenvalue weighted by Crippen LogP contribution is -1.81. The maximum absolute atomic E-state index is 13.2. The Labute approximate surface area is 74.2 Å². The fraction of sp³-hybridized carbons (Fsp3) is 0.100. The third kappa shape index (κ3) is 0.994. The second-order valence-corrected chi connectivity index (χ2v) is 2.83. The van der Waals surface area contributed by atoms with E-state index in [0.717, 1.165) is 0 Å². The van der Waals surface area contributed by atoms with Crippen molar-refractivity contribution in [1.29, 1.82) is 5.26 Å². The van der Waals surface area contributed by atoms with Gasteiger partial charge in [-0.3, -0.25) is 0 Å². The highest BCUT2D eigenvalue weighted by Gasteiger charge is 2.11. The third-order valence-corrected chi connectivity index (χ3v) is 1.98. The molecule has 2 aromatic rings. The van der Waals surface area contributed by atoms with Crippen LogP contribution in [-0.4, -0.2) is 0 Å². The maximum atomic E-state index is 13.2. The van der Waals surface area contributed by atoms with Gasteiger partial charge < -0.3 is 4.42 Å². The van der Waals surface area contributed by atoms with Crippen LogP contribution in [-0.2, 0) is 0 Å². The van der Waals surface area contributed by atoms with Gasteiger partial charge in [-0.25, -0.2) is 4.39 Å². The summed E-state index contributed by atoms with van der Waals surface area (Å²) in [7, 11) is 0. The van der Waals surface area contributed by atoms with Gasteiger partial charge in [0, 0.05) is 0 Å². The predicted octanol–water partition coefficient (Wildman–Crippen LogP) is 2.75. The molecular formula is C10H6FNO. The van der Waals surface area contributed by atoms with Crippen LogP contribution in [0.2, 0.25) is 0 Å². The van der Waals surface area contributed by atoms with Crippen LogP contribution >= 0.6 is 0 Å². The number of benzene rings is 1. The summed E-state index contributed by atoms with van der Waals surface area (Å²) in [6.45, 7) is 1.75. The summed E-state index contributed by atoms with van der Waals surface area (Å²) in [5.74, 6) is -0.347. The van der Waals surface area contributed by atoms with Crippen LogP contribution in [0.3, 0.4) is 0 Å². The Morgan fingerprint density at radius 3 is 2.92 bits per heavy atom. The Balaban J connectivity index is 2.97. The molecule has 0 unspecified atom stereocenters. The fourth-order valence-electron chi connectivity index (χ4n) is 1.34. The Kier molecular flexibility index (Phi) is 1.56. The summed E-state index contributed by atoms with van der Waals surface area (Å²) in [4.78, 5) is 0. The average Bonchev–Trinajstić information content (AvgIpc) is 2.50. The SMILES string of the molecule is Cc1coc2c(C#N)ccc(F)c12. The van der Waals surface area contributed by atoms with Gasteiger partial charge in [0.25, 0.3) is 0 Å². The Hall–Kier alpha value is -1.82. The average molecular weight is 175 g/mol. The van der Waals surface area contributed by atoms with Crippen molar-refractivity contribution in [3.8, 4) is 6.07 Å². The highest BCUT2D eigenvalue weighted by molar-refractivity contribution is 5.86. The molecule has 0 saturated heterocycles. The lowest BCUT2D eigenvalue weighted by molar-refractivity contribution is 0.607. The van der Waals surface area contributed by atoms with Crippen LogP contribution in [0.5, 0.6) is 0 Å². The van der Waals surface area contributed by atoms with E-state index in [-0.39, 0.29) is 5.82 Å². The molecule has 0 aliphatic rings. The lowest BCUT2D eigenvalue weighted by atomic mass is 10.1. The number of rotatable bonds is 0. The molecule has 0 aliphatic heterocycles. The molecule has 1 aromatic heterocycles. The molecule has 0 spiro atoms. The van der Waals surface area contributed by atoms with Crippen LogP contribution in [0.25, 0.3) is 11.0 Å². The first-order valence-electron chi connectivity index (χ1n) is 3.80. The smallest absolute Gasteiger partial charge is 0.154 e. The van der Waals surface area contributed by atoms with Gasteiger partial charge in [-0.15, -0.1) is 0 Å². The number of hydrogen-bond donors (Lipinski definition) is 0. The molecule has 1 heterocycles. The van der Waals surface area contributed by atoms with Crippen LogP contribution in [0, 0.1) is 24.1 Å². The Morgan fingerprint density at radius 1 is 1.46 bits per heavy atom. The molecular weight excluding hydrogens is 169 g/mol. The van der Waals surface area contributed by atoms with Crippen molar-refractivity contribution in [3.63, 3.8) is 0 Å². The summed E-state index contributed by atoms with van der Waals surface area (Å²) < 4.78 is 18.3. The molecule has 1 aromatic carbocycles. The van der Waals surface area contributed by atoms with Crippen molar-refractivity contribution in [2.24, 2.45) is 0 Å². The van der Waals surface area contributed by atoms with E-state index in [9.17, 15) is 4.39 Å². The topological polar surface area (TPSA) is 36.9 Å². The number of halogens is 1. The first kappa shape index (κ1) is 7.81. The lowest BCUT2D eigenvalue weighted by Gasteiger charge is -1.93. The Bertz CT molecular complexity index is 507. The summed E-state index contributed by atoms with van der Waals surface area (Å²) >= 11 is 0. The molecule has 0 aliphatic carbocycles. The second-order valence-electron chi connectivity index (χ2n) is 2.83. The van der Waals surface area contributed by atoms with Gasteiger partial charge in [-0.05, 0) is 24.6 Å². The van der Waals surface area contributed by atoms with Crippen LogP contribution in [0.4, 0.5) is 4.39 Å². The zero-order valence-electron chi connectivity index (χ0n) is 6.97. The standard InChI is InChI=1S/C10H6FNO/c1-6-5-13-10-7(4-12)2-3-8(11)9(6)10/h2-3,5H,1H3. The largest absolute Gasteiger partial charge is 0.463 e. The minimum Gasteiger partial charge on any atom is -0.463 e. The van der Waals surface area contributed by atoms with Gasteiger partial charge in [0.05, 0.1) is 17.2 Å². The van der Waals surface area contributed by atoms with Gasteiger partial charge in [0.15, 0.2) is 5.58 Å². The van der Waals surface area contributed by atoms with E-state index in [4.69, 9.17) is 9.68 Å². The summed E-state index contributed by atoms with van der Waals surface area (Å²) in [6.07, 6.45) is 1.45. The molecule has 0 atom stereocenters. The van der Waals surface area contributed by atoms with Gasteiger partial charge in [-0.1, -0.05) is 0 Å². The van der Waals surface area contributed by atoms with E-state index < -0.39 is 0 Å². The summed E-state index contributed by atoms with van der Waals surface area (Å²) in [6, 6.07) is 4.65. The molecule has 13 heavy (non-hydrogen) atoms. The normalized spacial score (nSPS) is 10.2. The minimum absolute atomic E-state index is 0.333. The quantitative estimate of drug-likeness (QED) is 0.617. The van der Waals surface area contributed by atoms with Crippen molar-refractivity contribution < 1.29 is 8.81 Å². The van der Waals surface area contributed by atoms with E-state index in [1.165, 1.54) is 18.4 Å². The summed E-state index contributed by atoms with van der Waals surface area (Å²) in [5, 5.41) is 9.11. The predicted molar refractivity (Wildman–Crippen MR) is 45.6 cm³/mol. The van der Waals surface area contributed by atoms with E-state index in [2.05, 4.69) is 0 Å². The molecule has 2 nitrogen and oxygen atoms in total. The molecule has 0 radical (unpaired) electrons. The van der Waals surface area contributed by atoms with E-state index in [1.807, 2.05) is 6.07 Å². The zero-order chi connectivity index (χ0) is 9.42. The van der Waals surface area contributed by atoms with Crippen molar-refractivity contribution in [2.75, 3.05) is 0 Å². The van der Waals surface area contributed by atoms with Gasteiger partial charge in [0.1, 0.15) is 11.9 Å². The number of nitrogens with zero attached hydrogens (tertiary/aromatic N) is 1. The van der Waals surface area contributed by atoms with Crippen LogP contribution in [0.15, 0.2) is 22.8 Å². The number of hydrogen-bond acceptors (Lipinski definition) is 2. The number of aryl methyl sites for hydroxylation is 1. The van der Waals surface area contributed by atoms with Gasteiger partial charge in [-0.2, -0.15) is 5.26 Å². The molecule has 64 valence electrons. The van der Waals surface area contributed by atoms with Crippen LogP contribution < -0.4 is 0 Å². The van der Waals surface area contributed by atoms with E-state index >= 15 is 0 Å². The molecule has 0 N–H and O–H groups in total. The highest BCUT2D eigenvalue weighted by atomic mass is 19.1. The highest BCUT2D eigenvalue weighted by Crippen LogP contribution is 2.26. The van der Waals surface area contributed by atoms with E-state index in [1.54, 1.807) is 6.92 Å². The van der Waals surface area contributed by atoms with Crippen molar-refractivity contribution in [3.05, 3.63) is 35.3 Å². The number of nitriles is 1. The van der Waals surface area contributed by atoms with Crippen molar-refractivity contribution >= 4 is 11.0 Å². The minimum atomic E-state index is -0.347. The monoisotopic (exact) mass is 175 g/mol. The Morgan fingerprint density at radius 2 is 2.23 bits per heavy atom. The van der Waals surface area contributed by atoms with Crippen molar-refractivity contribution in [2.45, 2.75) is 6.92 Å². The number of furan rings is 1. The number of fused-ring (bicyclic) bond motifs is 1. The molecule has 2 rings (SSSR count). The molecule has 0 bridgehead atoms. The van der Waals surface area contributed by atoms with Gasteiger partial charge >= 0.3 is 0 Å². The first-order valence-corrected chi connectivity index (χ1v) is 3.80.